The van der Waals surface area contributed by atoms with Crippen molar-refractivity contribution in [1.82, 2.24) is 9.55 Å². The van der Waals surface area contributed by atoms with Crippen molar-refractivity contribution < 1.29 is 5.11 Å². The molecule has 82 valence electrons. The minimum Gasteiger partial charge on any atom is -0.396 e. The molecule has 1 aliphatic rings. The quantitative estimate of drug-likeness (QED) is 0.714. The molecular formula is C10H14N2O3. The molecule has 2 rings (SSSR count). The van der Waals surface area contributed by atoms with Crippen molar-refractivity contribution in [3.8, 4) is 0 Å². The average Bonchev–Trinajstić information content (AvgIpc) is 2.95. The van der Waals surface area contributed by atoms with Gasteiger partial charge in [-0.2, -0.15) is 0 Å². The van der Waals surface area contributed by atoms with Crippen LogP contribution in [0.5, 0.6) is 0 Å². The first kappa shape index (κ1) is 10.2. The third-order valence-electron chi connectivity index (χ3n) is 2.99. The van der Waals surface area contributed by atoms with Gasteiger partial charge in [-0.3, -0.25) is 14.3 Å². The number of aromatic nitrogens is 2. The summed E-state index contributed by atoms with van der Waals surface area (Å²) in [6.07, 6.45) is 3.43. The van der Waals surface area contributed by atoms with E-state index in [2.05, 4.69) is 4.98 Å². The van der Waals surface area contributed by atoms with Gasteiger partial charge in [-0.25, -0.2) is 4.79 Å². The zero-order chi connectivity index (χ0) is 11.1. The predicted molar refractivity (Wildman–Crippen MR) is 54.8 cm³/mol. The van der Waals surface area contributed by atoms with E-state index in [0.29, 0.717) is 12.1 Å². The van der Waals surface area contributed by atoms with Gasteiger partial charge in [-0.05, 0) is 19.8 Å². The van der Waals surface area contributed by atoms with Crippen molar-refractivity contribution in [3.63, 3.8) is 0 Å². The van der Waals surface area contributed by atoms with Crippen molar-refractivity contribution in [2.75, 3.05) is 6.61 Å². The standard InChI is InChI=1S/C10H14N2O3/c1-7-4-12(9(15)11-8(7)14)5-10(6-13)2-3-10/h4,13H,2-3,5-6H2,1H3,(H,11,14,15). The highest BCUT2D eigenvalue weighted by Gasteiger charge is 2.42. The summed E-state index contributed by atoms with van der Waals surface area (Å²) in [6, 6.07) is 0. The largest absolute Gasteiger partial charge is 0.396 e. The number of aryl methyl sites for hydroxylation is 1. The summed E-state index contributed by atoms with van der Waals surface area (Å²) < 4.78 is 1.47. The van der Waals surface area contributed by atoms with E-state index >= 15 is 0 Å². The Kier molecular flexibility index (Phi) is 2.26. The van der Waals surface area contributed by atoms with Gasteiger partial charge in [0.1, 0.15) is 0 Å². The highest BCUT2D eigenvalue weighted by atomic mass is 16.3. The van der Waals surface area contributed by atoms with E-state index in [4.69, 9.17) is 5.11 Å². The SMILES string of the molecule is Cc1cn(CC2(CO)CC2)c(=O)[nH]c1=O. The van der Waals surface area contributed by atoms with Crippen molar-refractivity contribution >= 4 is 0 Å². The van der Waals surface area contributed by atoms with Crippen LogP contribution in [0.4, 0.5) is 0 Å². The first-order chi connectivity index (χ1) is 7.06. The Balaban J connectivity index is 2.33. The molecule has 0 bridgehead atoms. The molecule has 0 unspecified atom stereocenters. The van der Waals surface area contributed by atoms with Crippen LogP contribution in [0.1, 0.15) is 18.4 Å². The number of aliphatic hydroxyl groups is 1. The van der Waals surface area contributed by atoms with Crippen LogP contribution in [0.25, 0.3) is 0 Å². The lowest BCUT2D eigenvalue weighted by atomic mass is 10.1. The maximum Gasteiger partial charge on any atom is 0.328 e. The van der Waals surface area contributed by atoms with Crippen LogP contribution in [-0.4, -0.2) is 21.3 Å². The number of nitrogens with zero attached hydrogens (tertiary/aromatic N) is 1. The number of aromatic amines is 1. The molecule has 15 heavy (non-hydrogen) atoms. The minimum atomic E-state index is -0.398. The zero-order valence-corrected chi connectivity index (χ0v) is 8.62. The number of nitrogens with one attached hydrogen (secondary N) is 1. The van der Waals surface area contributed by atoms with Crippen LogP contribution < -0.4 is 11.2 Å². The maximum absolute atomic E-state index is 11.4. The number of hydrogen-bond acceptors (Lipinski definition) is 3. The average molecular weight is 210 g/mol. The second kappa shape index (κ2) is 3.34. The van der Waals surface area contributed by atoms with E-state index in [9.17, 15) is 9.59 Å². The Morgan fingerprint density at radius 2 is 2.20 bits per heavy atom. The van der Waals surface area contributed by atoms with E-state index in [1.165, 1.54) is 4.57 Å². The third-order valence-corrected chi connectivity index (χ3v) is 2.99. The molecule has 1 saturated carbocycles. The number of H-pyrrole nitrogens is 1. The van der Waals surface area contributed by atoms with Gasteiger partial charge < -0.3 is 5.11 Å². The molecule has 0 saturated heterocycles. The normalized spacial score (nSPS) is 17.7. The summed E-state index contributed by atoms with van der Waals surface area (Å²) in [6.45, 7) is 2.24. The molecular weight excluding hydrogens is 196 g/mol. The first-order valence-corrected chi connectivity index (χ1v) is 4.98. The lowest BCUT2D eigenvalue weighted by Gasteiger charge is -2.13. The van der Waals surface area contributed by atoms with E-state index in [-0.39, 0.29) is 17.6 Å². The van der Waals surface area contributed by atoms with E-state index < -0.39 is 5.69 Å². The van der Waals surface area contributed by atoms with Crippen LogP contribution >= 0.6 is 0 Å². The minimum absolute atomic E-state index is 0.0949. The molecule has 1 aliphatic carbocycles. The molecule has 1 aromatic rings. The van der Waals surface area contributed by atoms with Gasteiger partial charge in [0.25, 0.3) is 5.56 Å². The van der Waals surface area contributed by atoms with E-state index in [0.717, 1.165) is 12.8 Å². The van der Waals surface area contributed by atoms with Crippen LogP contribution in [-0.2, 0) is 6.54 Å². The fourth-order valence-electron chi connectivity index (χ4n) is 1.64. The van der Waals surface area contributed by atoms with Gasteiger partial charge in [-0.1, -0.05) is 0 Å². The third kappa shape index (κ3) is 1.87. The Morgan fingerprint density at radius 3 is 2.73 bits per heavy atom. The highest BCUT2D eigenvalue weighted by Crippen LogP contribution is 2.46. The van der Waals surface area contributed by atoms with Crippen molar-refractivity contribution in [2.24, 2.45) is 5.41 Å². The Bertz CT molecular complexity index is 482. The van der Waals surface area contributed by atoms with Gasteiger partial charge in [0.2, 0.25) is 0 Å². The molecule has 0 spiro atoms. The summed E-state index contributed by atoms with van der Waals surface area (Å²) in [7, 11) is 0. The van der Waals surface area contributed by atoms with E-state index in [1.807, 2.05) is 0 Å². The molecule has 5 heteroatoms. The zero-order valence-electron chi connectivity index (χ0n) is 8.62. The summed E-state index contributed by atoms with van der Waals surface area (Å²) >= 11 is 0. The maximum atomic E-state index is 11.4. The molecule has 0 aliphatic heterocycles. The topological polar surface area (TPSA) is 75.1 Å². The van der Waals surface area contributed by atoms with Crippen LogP contribution in [0, 0.1) is 12.3 Å². The van der Waals surface area contributed by atoms with Crippen LogP contribution in [0.3, 0.4) is 0 Å². The molecule has 5 nitrogen and oxygen atoms in total. The number of rotatable bonds is 3. The molecule has 2 N–H and O–H groups in total. The van der Waals surface area contributed by atoms with Gasteiger partial charge in [0.05, 0.1) is 6.61 Å². The lowest BCUT2D eigenvalue weighted by molar-refractivity contribution is 0.193. The Labute approximate surface area is 86.4 Å². The molecule has 0 amide bonds. The lowest BCUT2D eigenvalue weighted by Crippen LogP contribution is -2.33. The van der Waals surface area contributed by atoms with Gasteiger partial charge in [-0.15, -0.1) is 0 Å². The summed E-state index contributed by atoms with van der Waals surface area (Å²) in [4.78, 5) is 24.8. The molecule has 0 radical (unpaired) electrons. The smallest absolute Gasteiger partial charge is 0.328 e. The van der Waals surface area contributed by atoms with Crippen LogP contribution in [0.2, 0.25) is 0 Å². The summed E-state index contributed by atoms with van der Waals surface area (Å²) in [5.74, 6) is 0. The number of hydrogen-bond donors (Lipinski definition) is 2. The van der Waals surface area contributed by atoms with Gasteiger partial charge in [0.15, 0.2) is 0 Å². The van der Waals surface area contributed by atoms with Crippen molar-refractivity contribution in [3.05, 3.63) is 32.6 Å². The number of aliphatic hydroxyl groups excluding tert-OH is 1. The second-order valence-corrected chi connectivity index (χ2v) is 4.36. The predicted octanol–water partition coefficient (Wildman–Crippen LogP) is -0.382. The second-order valence-electron chi connectivity index (χ2n) is 4.36. The monoisotopic (exact) mass is 210 g/mol. The summed E-state index contributed by atoms with van der Waals surface area (Å²) in [5.41, 5.74) is -0.354. The van der Waals surface area contributed by atoms with Gasteiger partial charge in [0, 0.05) is 23.7 Å². The fourth-order valence-corrected chi connectivity index (χ4v) is 1.64. The Hall–Kier alpha value is -1.36. The molecule has 1 aromatic heterocycles. The first-order valence-electron chi connectivity index (χ1n) is 4.98. The molecule has 1 heterocycles. The van der Waals surface area contributed by atoms with Crippen molar-refractivity contribution in [1.29, 1.82) is 0 Å². The molecule has 0 atom stereocenters. The van der Waals surface area contributed by atoms with Crippen molar-refractivity contribution in [2.45, 2.75) is 26.3 Å². The van der Waals surface area contributed by atoms with E-state index in [1.54, 1.807) is 13.1 Å². The Morgan fingerprint density at radius 1 is 1.53 bits per heavy atom. The van der Waals surface area contributed by atoms with Crippen LogP contribution in [0.15, 0.2) is 15.8 Å². The molecule has 0 aromatic carbocycles. The summed E-state index contributed by atoms with van der Waals surface area (Å²) in [5, 5.41) is 9.15. The fraction of sp³-hybridized carbons (Fsp3) is 0.600. The van der Waals surface area contributed by atoms with Gasteiger partial charge >= 0.3 is 5.69 Å². The highest BCUT2D eigenvalue weighted by molar-refractivity contribution is 5.02. The molecule has 1 fully saturated rings.